The van der Waals surface area contributed by atoms with E-state index < -0.39 is 24.0 Å². The van der Waals surface area contributed by atoms with Crippen molar-refractivity contribution in [1.29, 1.82) is 0 Å². The molecule has 1 aromatic rings. The molecule has 0 saturated carbocycles. The first-order valence-electron chi connectivity index (χ1n) is 7.42. The van der Waals surface area contributed by atoms with E-state index in [1.165, 1.54) is 18.2 Å². The Hall–Kier alpha value is -2.25. The Balaban J connectivity index is 2.19. The van der Waals surface area contributed by atoms with E-state index in [-0.39, 0.29) is 40.1 Å². The number of amides is 2. The summed E-state index contributed by atoms with van der Waals surface area (Å²) >= 11 is 11.7. The minimum absolute atomic E-state index is 0.157. The fourth-order valence-corrected chi connectivity index (χ4v) is 2.81. The van der Waals surface area contributed by atoms with E-state index in [2.05, 4.69) is 10.6 Å². The van der Waals surface area contributed by atoms with Gasteiger partial charge in [-0.1, -0.05) is 23.2 Å². The van der Waals surface area contributed by atoms with Crippen LogP contribution >= 0.6 is 23.2 Å². The number of nitrogens with one attached hydrogen (secondary N) is 2. The Morgan fingerprint density at radius 1 is 1.12 bits per heavy atom. The lowest BCUT2D eigenvalue weighted by molar-refractivity contribution is -0.139. The molecule has 1 aliphatic rings. The number of hydrogen-bond acceptors (Lipinski definition) is 5. The molecule has 0 unspecified atom stereocenters. The Labute approximate surface area is 154 Å². The maximum absolute atomic E-state index is 12.2. The van der Waals surface area contributed by atoms with Crippen LogP contribution in [0.25, 0.3) is 0 Å². The van der Waals surface area contributed by atoms with Crippen molar-refractivity contribution in [2.75, 3.05) is 13.2 Å². The summed E-state index contributed by atoms with van der Waals surface area (Å²) in [4.78, 5) is 35.9. The van der Waals surface area contributed by atoms with Gasteiger partial charge in [-0.05, 0) is 32.0 Å². The first kappa shape index (κ1) is 19.1. The van der Waals surface area contributed by atoms with Crippen molar-refractivity contribution in [2.45, 2.75) is 19.9 Å². The number of urea groups is 1. The van der Waals surface area contributed by atoms with Crippen molar-refractivity contribution in [3.8, 4) is 0 Å². The molecule has 7 nitrogen and oxygen atoms in total. The molecule has 2 N–H and O–H groups in total. The van der Waals surface area contributed by atoms with E-state index in [1.807, 2.05) is 0 Å². The molecule has 0 radical (unpaired) electrons. The topological polar surface area (TPSA) is 93.7 Å². The van der Waals surface area contributed by atoms with Gasteiger partial charge in [-0.15, -0.1) is 0 Å². The van der Waals surface area contributed by atoms with Gasteiger partial charge in [0.15, 0.2) is 0 Å². The third-order valence-electron chi connectivity index (χ3n) is 3.31. The SMILES string of the molecule is CCOC(=O)C1=C(COC(=O)c2cc(Cl)cc(Cl)c2)NC(=O)N[C@@H]1C. The van der Waals surface area contributed by atoms with Crippen LogP contribution in [0.15, 0.2) is 29.5 Å². The van der Waals surface area contributed by atoms with Crippen LogP contribution in [0.3, 0.4) is 0 Å². The predicted molar refractivity (Wildman–Crippen MR) is 91.5 cm³/mol. The lowest BCUT2D eigenvalue weighted by Crippen LogP contribution is -2.50. The van der Waals surface area contributed by atoms with Crippen LogP contribution in [-0.4, -0.2) is 37.2 Å². The first-order chi connectivity index (χ1) is 11.8. The van der Waals surface area contributed by atoms with E-state index in [0.717, 1.165) is 0 Å². The number of carbonyl (C=O) groups is 3. The second kappa shape index (κ2) is 8.22. The van der Waals surface area contributed by atoms with Crippen LogP contribution in [-0.2, 0) is 14.3 Å². The number of carbonyl (C=O) groups excluding carboxylic acids is 3. The third kappa shape index (κ3) is 4.87. The number of rotatable bonds is 5. The molecule has 1 atom stereocenters. The van der Waals surface area contributed by atoms with Gasteiger partial charge in [0.2, 0.25) is 0 Å². The van der Waals surface area contributed by atoms with Crippen molar-refractivity contribution in [3.05, 3.63) is 45.1 Å². The molecule has 0 spiro atoms. The summed E-state index contributed by atoms with van der Waals surface area (Å²) < 4.78 is 10.1. The number of hydrogen-bond donors (Lipinski definition) is 2. The van der Waals surface area contributed by atoms with Crippen LogP contribution < -0.4 is 10.6 Å². The van der Waals surface area contributed by atoms with Crippen LogP contribution in [0.5, 0.6) is 0 Å². The van der Waals surface area contributed by atoms with Crippen LogP contribution in [0.2, 0.25) is 10.0 Å². The fraction of sp³-hybridized carbons (Fsp3) is 0.312. The molecule has 0 saturated heterocycles. The quantitative estimate of drug-likeness (QED) is 0.758. The van der Waals surface area contributed by atoms with Crippen LogP contribution in [0, 0.1) is 0 Å². The predicted octanol–water partition coefficient (Wildman–Crippen LogP) is 2.67. The zero-order valence-electron chi connectivity index (χ0n) is 13.5. The zero-order valence-corrected chi connectivity index (χ0v) is 15.0. The van der Waals surface area contributed by atoms with Gasteiger partial charge in [-0.3, -0.25) is 0 Å². The van der Waals surface area contributed by atoms with Gasteiger partial charge >= 0.3 is 18.0 Å². The molecule has 0 fully saturated rings. The average Bonchev–Trinajstić information content (AvgIpc) is 2.51. The summed E-state index contributed by atoms with van der Waals surface area (Å²) in [6, 6.07) is 3.20. The summed E-state index contributed by atoms with van der Waals surface area (Å²) in [5.41, 5.74) is 0.513. The molecular formula is C16H16Cl2N2O5. The normalized spacial score (nSPS) is 16.8. The van der Waals surface area contributed by atoms with Gasteiger partial charge in [0, 0.05) is 10.0 Å². The largest absolute Gasteiger partial charge is 0.463 e. The van der Waals surface area contributed by atoms with Gasteiger partial charge in [-0.2, -0.15) is 0 Å². The Bertz CT molecular complexity index is 728. The summed E-state index contributed by atoms with van der Waals surface area (Å²) in [7, 11) is 0. The van der Waals surface area contributed by atoms with Crippen LogP contribution in [0.1, 0.15) is 24.2 Å². The molecule has 1 aromatic carbocycles. The smallest absolute Gasteiger partial charge is 0.338 e. The van der Waals surface area contributed by atoms with Gasteiger partial charge in [-0.25, -0.2) is 14.4 Å². The summed E-state index contributed by atoms with van der Waals surface area (Å²) in [5, 5.41) is 5.59. The Morgan fingerprint density at radius 3 is 2.36 bits per heavy atom. The molecule has 9 heteroatoms. The van der Waals surface area contributed by atoms with E-state index in [1.54, 1.807) is 13.8 Å². The lowest BCUT2D eigenvalue weighted by atomic mass is 10.0. The van der Waals surface area contributed by atoms with Gasteiger partial charge in [0.1, 0.15) is 6.61 Å². The van der Waals surface area contributed by atoms with Crippen molar-refractivity contribution in [3.63, 3.8) is 0 Å². The number of benzene rings is 1. The highest BCUT2D eigenvalue weighted by atomic mass is 35.5. The summed E-state index contributed by atoms with van der Waals surface area (Å²) in [6.07, 6.45) is 0. The summed E-state index contributed by atoms with van der Waals surface area (Å²) in [5.74, 6) is -1.29. The van der Waals surface area contributed by atoms with Crippen molar-refractivity contribution in [2.24, 2.45) is 0 Å². The number of halogens is 2. The van der Waals surface area contributed by atoms with Gasteiger partial charge < -0.3 is 20.1 Å². The molecule has 1 heterocycles. The van der Waals surface area contributed by atoms with Crippen molar-refractivity contribution >= 4 is 41.2 Å². The highest BCUT2D eigenvalue weighted by molar-refractivity contribution is 6.35. The Kier molecular flexibility index (Phi) is 6.27. The van der Waals surface area contributed by atoms with E-state index in [4.69, 9.17) is 32.7 Å². The molecule has 134 valence electrons. The fourth-order valence-electron chi connectivity index (χ4n) is 2.29. The second-order valence-electron chi connectivity index (χ2n) is 5.17. The molecule has 0 aromatic heterocycles. The van der Waals surface area contributed by atoms with Gasteiger partial charge in [0.25, 0.3) is 0 Å². The third-order valence-corrected chi connectivity index (χ3v) is 3.75. The molecular weight excluding hydrogens is 371 g/mol. The molecule has 0 bridgehead atoms. The Morgan fingerprint density at radius 2 is 1.76 bits per heavy atom. The molecule has 2 rings (SSSR count). The minimum atomic E-state index is -0.694. The molecule has 25 heavy (non-hydrogen) atoms. The average molecular weight is 387 g/mol. The zero-order chi connectivity index (χ0) is 18.6. The maximum atomic E-state index is 12.2. The second-order valence-corrected chi connectivity index (χ2v) is 6.04. The monoisotopic (exact) mass is 386 g/mol. The highest BCUT2D eigenvalue weighted by Gasteiger charge is 2.30. The first-order valence-corrected chi connectivity index (χ1v) is 8.18. The summed E-state index contributed by atoms with van der Waals surface area (Å²) in [6.45, 7) is 3.16. The van der Waals surface area contributed by atoms with E-state index >= 15 is 0 Å². The van der Waals surface area contributed by atoms with Crippen molar-refractivity contribution < 1.29 is 23.9 Å². The standard InChI is InChI=1S/C16H16Cl2N2O5/c1-3-24-15(22)13-8(2)19-16(23)20-12(13)7-25-14(21)9-4-10(17)6-11(18)5-9/h4-6,8H,3,7H2,1-2H3,(H2,19,20,23)/t8-/m1/s1. The maximum Gasteiger partial charge on any atom is 0.338 e. The van der Waals surface area contributed by atoms with E-state index in [9.17, 15) is 14.4 Å². The molecule has 2 amide bonds. The number of ether oxygens (including phenoxy) is 2. The lowest BCUT2D eigenvalue weighted by Gasteiger charge is -2.26. The highest BCUT2D eigenvalue weighted by Crippen LogP contribution is 2.20. The molecule has 1 aliphatic heterocycles. The van der Waals surface area contributed by atoms with Gasteiger partial charge in [0.05, 0.1) is 29.5 Å². The van der Waals surface area contributed by atoms with Crippen LogP contribution in [0.4, 0.5) is 4.79 Å². The molecule has 0 aliphatic carbocycles. The minimum Gasteiger partial charge on any atom is -0.463 e. The number of esters is 2. The van der Waals surface area contributed by atoms with Crippen molar-refractivity contribution in [1.82, 2.24) is 10.6 Å². The van der Waals surface area contributed by atoms with E-state index in [0.29, 0.717) is 0 Å².